The van der Waals surface area contributed by atoms with Gasteiger partial charge in [0.1, 0.15) is 5.84 Å². The van der Waals surface area contributed by atoms with E-state index < -0.39 is 0 Å². The van der Waals surface area contributed by atoms with E-state index in [1.165, 1.54) is 4.90 Å². The standard InChI is InChI=1S/C13H19ClN4/c1-18(2)7-3-6-15-13-11-5-4-10(14)8-12(11)16-9-17-13/h4-5,8-9,11-12H,3,6-7H2,1-2H3,(H,15,16,17)/p+1/t11-,12+/m1/s1. The topological polar surface area (TPSA) is 41.2 Å². The molecule has 1 heterocycles. The number of allylic oxidation sites excluding steroid dienone is 2. The van der Waals surface area contributed by atoms with E-state index in [1.54, 1.807) is 6.34 Å². The maximum absolute atomic E-state index is 5.98. The predicted octanol–water partition coefficient (Wildman–Crippen LogP) is 0.228. The minimum absolute atomic E-state index is 0.0990. The summed E-state index contributed by atoms with van der Waals surface area (Å²) in [5.41, 5.74) is 0. The van der Waals surface area contributed by atoms with Crippen LogP contribution in [0.25, 0.3) is 0 Å². The predicted molar refractivity (Wildman–Crippen MR) is 76.6 cm³/mol. The maximum Gasteiger partial charge on any atom is 0.111 e. The normalized spacial score (nSPS) is 28.2. The lowest BCUT2D eigenvalue weighted by Gasteiger charge is -2.27. The Balaban J connectivity index is 1.96. The van der Waals surface area contributed by atoms with Crippen molar-refractivity contribution in [2.24, 2.45) is 15.9 Å². The first-order chi connectivity index (χ1) is 8.66. The second-order valence-electron chi connectivity index (χ2n) is 4.93. The molecule has 4 nitrogen and oxygen atoms in total. The first-order valence-electron chi connectivity index (χ1n) is 6.34. The molecule has 0 aromatic carbocycles. The summed E-state index contributed by atoms with van der Waals surface area (Å²) in [5.74, 6) is 1.21. The fourth-order valence-electron chi connectivity index (χ4n) is 2.09. The number of quaternary nitrogens is 1. The van der Waals surface area contributed by atoms with Gasteiger partial charge in [-0.1, -0.05) is 17.7 Å². The second kappa shape index (κ2) is 6.16. The molecule has 0 saturated carbocycles. The van der Waals surface area contributed by atoms with E-state index in [0.29, 0.717) is 0 Å². The molecule has 1 aliphatic carbocycles. The molecular formula is C13H20ClN4+. The molecule has 0 aromatic rings. The van der Waals surface area contributed by atoms with Crippen LogP contribution in [0.15, 0.2) is 33.2 Å². The third-order valence-corrected chi connectivity index (χ3v) is 3.30. The van der Waals surface area contributed by atoms with Gasteiger partial charge in [0.25, 0.3) is 0 Å². The van der Waals surface area contributed by atoms with Gasteiger partial charge in [0.2, 0.25) is 0 Å². The average molecular weight is 268 g/mol. The van der Waals surface area contributed by atoms with Gasteiger partial charge in [-0.3, -0.25) is 9.98 Å². The molecule has 0 spiro atoms. The van der Waals surface area contributed by atoms with E-state index >= 15 is 0 Å². The number of rotatable bonds is 4. The van der Waals surface area contributed by atoms with Crippen LogP contribution in [0.2, 0.25) is 0 Å². The first-order valence-corrected chi connectivity index (χ1v) is 6.71. The van der Waals surface area contributed by atoms with Crippen molar-refractivity contribution in [1.82, 2.24) is 5.32 Å². The van der Waals surface area contributed by atoms with Crippen LogP contribution in [-0.2, 0) is 0 Å². The lowest BCUT2D eigenvalue weighted by atomic mass is 9.93. The summed E-state index contributed by atoms with van der Waals surface area (Å²) in [6, 6.07) is 0.0990. The van der Waals surface area contributed by atoms with E-state index in [2.05, 4.69) is 35.5 Å². The molecule has 0 fully saturated rings. The molecule has 0 radical (unpaired) electrons. The van der Waals surface area contributed by atoms with Crippen molar-refractivity contribution in [2.75, 3.05) is 27.2 Å². The number of amidine groups is 1. The van der Waals surface area contributed by atoms with Crippen LogP contribution in [-0.4, -0.2) is 45.4 Å². The van der Waals surface area contributed by atoms with Crippen molar-refractivity contribution in [3.05, 3.63) is 23.3 Å². The van der Waals surface area contributed by atoms with E-state index in [4.69, 9.17) is 11.6 Å². The molecule has 0 saturated heterocycles. The third-order valence-electron chi connectivity index (χ3n) is 3.05. The number of nitrogens with one attached hydrogen (secondary N) is 2. The number of hydrogen-bond donors (Lipinski definition) is 2. The molecule has 0 unspecified atom stereocenters. The Kier molecular flexibility index (Phi) is 4.55. The van der Waals surface area contributed by atoms with Crippen LogP contribution in [0.1, 0.15) is 6.42 Å². The van der Waals surface area contributed by atoms with E-state index in [0.717, 1.165) is 30.4 Å². The molecule has 98 valence electrons. The van der Waals surface area contributed by atoms with Gasteiger partial charge in [-0.25, -0.2) is 0 Å². The molecule has 2 N–H and O–H groups in total. The lowest BCUT2D eigenvalue weighted by Crippen LogP contribution is -3.05. The van der Waals surface area contributed by atoms with Crippen LogP contribution in [0.3, 0.4) is 0 Å². The van der Waals surface area contributed by atoms with Gasteiger partial charge in [0.05, 0.1) is 38.9 Å². The summed E-state index contributed by atoms with van der Waals surface area (Å²) in [4.78, 5) is 10.5. The maximum atomic E-state index is 5.98. The Morgan fingerprint density at radius 3 is 3.11 bits per heavy atom. The Bertz CT molecular complexity index is 409. The second-order valence-corrected chi connectivity index (χ2v) is 5.36. The summed E-state index contributed by atoms with van der Waals surface area (Å²) in [6.45, 7) is 2.00. The molecular weight excluding hydrogens is 248 g/mol. The molecule has 5 heteroatoms. The molecule has 0 amide bonds. The average Bonchev–Trinajstić information content (AvgIpc) is 2.34. The number of aliphatic imine (C=N–C) groups is 2. The van der Waals surface area contributed by atoms with E-state index in [1.807, 2.05) is 12.2 Å². The van der Waals surface area contributed by atoms with Crippen LogP contribution in [0.5, 0.6) is 0 Å². The van der Waals surface area contributed by atoms with E-state index in [-0.39, 0.29) is 12.0 Å². The highest BCUT2D eigenvalue weighted by Gasteiger charge is 2.26. The number of hydrogen-bond acceptors (Lipinski definition) is 2. The molecule has 1 aliphatic heterocycles. The van der Waals surface area contributed by atoms with Gasteiger partial charge >= 0.3 is 0 Å². The van der Waals surface area contributed by atoms with Gasteiger partial charge in [0.15, 0.2) is 0 Å². The van der Waals surface area contributed by atoms with Crippen molar-refractivity contribution in [3.8, 4) is 0 Å². The largest absolute Gasteiger partial charge is 0.340 e. The molecule has 2 rings (SSSR count). The van der Waals surface area contributed by atoms with Gasteiger partial charge < -0.3 is 10.2 Å². The van der Waals surface area contributed by atoms with Gasteiger partial charge in [-0.15, -0.1) is 0 Å². The minimum Gasteiger partial charge on any atom is -0.340 e. The Morgan fingerprint density at radius 2 is 2.33 bits per heavy atom. The van der Waals surface area contributed by atoms with E-state index in [9.17, 15) is 0 Å². The smallest absolute Gasteiger partial charge is 0.111 e. The minimum atomic E-state index is 0.0990. The van der Waals surface area contributed by atoms with Gasteiger partial charge in [-0.2, -0.15) is 0 Å². The van der Waals surface area contributed by atoms with Crippen molar-refractivity contribution in [3.63, 3.8) is 0 Å². The van der Waals surface area contributed by atoms with Crippen LogP contribution >= 0.6 is 11.6 Å². The highest BCUT2D eigenvalue weighted by molar-refractivity contribution is 6.31. The number of halogens is 1. The lowest BCUT2D eigenvalue weighted by molar-refractivity contribution is -0.858. The third kappa shape index (κ3) is 3.43. The summed E-state index contributed by atoms with van der Waals surface area (Å²) < 4.78 is 0. The summed E-state index contributed by atoms with van der Waals surface area (Å²) >= 11 is 5.98. The summed E-state index contributed by atoms with van der Waals surface area (Å²) in [7, 11) is 4.32. The summed E-state index contributed by atoms with van der Waals surface area (Å²) in [6.07, 6.45) is 8.79. The highest BCUT2D eigenvalue weighted by atomic mass is 35.5. The zero-order valence-electron chi connectivity index (χ0n) is 10.9. The quantitative estimate of drug-likeness (QED) is 0.704. The van der Waals surface area contributed by atoms with Crippen molar-refractivity contribution in [1.29, 1.82) is 0 Å². The van der Waals surface area contributed by atoms with Gasteiger partial charge in [-0.05, 0) is 12.2 Å². The van der Waals surface area contributed by atoms with Gasteiger partial charge in [0, 0.05) is 18.0 Å². The molecule has 0 aromatic heterocycles. The Hall–Kier alpha value is -1.13. The first kappa shape index (κ1) is 13.3. The number of nitrogens with zero attached hydrogens (tertiary/aromatic N) is 2. The van der Waals surface area contributed by atoms with Crippen LogP contribution in [0, 0.1) is 5.92 Å². The van der Waals surface area contributed by atoms with Crippen molar-refractivity contribution in [2.45, 2.75) is 12.5 Å². The molecule has 2 atom stereocenters. The van der Waals surface area contributed by atoms with Crippen LogP contribution in [0.4, 0.5) is 0 Å². The van der Waals surface area contributed by atoms with Crippen molar-refractivity contribution < 1.29 is 4.90 Å². The highest BCUT2D eigenvalue weighted by Crippen LogP contribution is 2.24. The SMILES string of the molecule is C[NH+](C)CCCN=C1NC=N[C@H]2C=C(Cl)C=C[C@@H]12. The monoisotopic (exact) mass is 267 g/mol. The fourth-order valence-corrected chi connectivity index (χ4v) is 2.29. The van der Waals surface area contributed by atoms with Crippen molar-refractivity contribution >= 4 is 23.8 Å². The summed E-state index contributed by atoms with van der Waals surface area (Å²) in [5, 5.41) is 3.90. The molecule has 0 bridgehead atoms. The molecule has 18 heavy (non-hydrogen) atoms. The Labute approximate surface area is 113 Å². The fraction of sp³-hybridized carbons (Fsp3) is 0.538. The zero-order valence-corrected chi connectivity index (χ0v) is 11.6. The number of fused-ring (bicyclic) bond motifs is 1. The van der Waals surface area contributed by atoms with Crippen LogP contribution < -0.4 is 10.2 Å². The zero-order chi connectivity index (χ0) is 13.0. The Morgan fingerprint density at radius 1 is 1.50 bits per heavy atom. The molecule has 2 aliphatic rings.